The van der Waals surface area contributed by atoms with Gasteiger partial charge in [-0.3, -0.25) is 0 Å². The maximum atomic E-state index is 3.62. The van der Waals surface area contributed by atoms with Gasteiger partial charge >= 0.3 is 0 Å². The van der Waals surface area contributed by atoms with Crippen LogP contribution in [0.15, 0.2) is 93.3 Å². The number of halogens is 3. The number of rotatable bonds is 3. The van der Waals surface area contributed by atoms with Gasteiger partial charge in [0.2, 0.25) is 0 Å². The number of hydrogen-bond acceptors (Lipinski definition) is 0. The summed E-state index contributed by atoms with van der Waals surface area (Å²) in [4.78, 5) is 8.76. The van der Waals surface area contributed by atoms with Crippen molar-refractivity contribution < 1.29 is 65.9 Å². The Morgan fingerprint density at radius 2 is 0.630 bits per heavy atom. The fourth-order valence-electron chi connectivity index (χ4n) is 1.61. The second-order valence-corrected chi connectivity index (χ2v) is 4.61. The summed E-state index contributed by atoms with van der Waals surface area (Å²) in [5, 5.41) is 0. The molecule has 3 nitrogen and oxygen atoms in total. The van der Waals surface area contributed by atoms with Gasteiger partial charge in [-0.2, -0.15) is 0 Å². The van der Waals surface area contributed by atoms with Gasteiger partial charge in [-0.05, 0) is 16.7 Å². The van der Waals surface area contributed by atoms with Gasteiger partial charge in [0.1, 0.15) is 0 Å². The maximum Gasteiger partial charge on any atom is 0.167 e. The predicted molar refractivity (Wildman–Crippen MR) is 99.3 cm³/mol. The summed E-state index contributed by atoms with van der Waals surface area (Å²) in [6, 6.07) is 11.8. The summed E-state index contributed by atoms with van der Waals surface area (Å²) < 4.78 is 0. The molecule has 0 bridgehead atoms. The third-order valence-corrected chi connectivity index (χ3v) is 2.94. The highest BCUT2D eigenvalue weighted by Gasteiger charge is 1.82. The van der Waals surface area contributed by atoms with Crippen LogP contribution < -0.4 is 65.9 Å². The first-order valence-corrected chi connectivity index (χ1v) is 7.55. The summed E-state index contributed by atoms with van der Waals surface area (Å²) in [7, 11) is 0. The molecule has 3 aromatic rings. The van der Waals surface area contributed by atoms with Gasteiger partial charge in [0.15, 0.2) is 37.2 Å². The van der Waals surface area contributed by atoms with Crippen molar-refractivity contribution >= 4 is 18.2 Å². The SMILES string of the molecule is C=Cc1cc[nH+]cc1.C=Cc1cc[nH+]cc1.C=Cc1cc[nH+]cc1.[Br-].[Br-].[Br-]. The summed E-state index contributed by atoms with van der Waals surface area (Å²) >= 11 is 0. The van der Waals surface area contributed by atoms with Crippen LogP contribution in [0.1, 0.15) is 16.7 Å². The van der Waals surface area contributed by atoms with Crippen molar-refractivity contribution in [2.75, 3.05) is 0 Å². The van der Waals surface area contributed by atoms with Crippen LogP contribution in [-0.4, -0.2) is 0 Å². The monoisotopic (exact) mass is 555 g/mol. The molecule has 3 heterocycles. The Kier molecular flexibility index (Phi) is 22.6. The molecule has 3 N–H and O–H groups in total. The third kappa shape index (κ3) is 14.9. The van der Waals surface area contributed by atoms with E-state index in [0.29, 0.717) is 0 Å². The second-order valence-electron chi connectivity index (χ2n) is 4.61. The van der Waals surface area contributed by atoms with Crippen LogP contribution in [0.25, 0.3) is 18.2 Å². The lowest BCUT2D eigenvalue weighted by Crippen LogP contribution is -3.00. The Balaban J connectivity index is -0.000000303. The van der Waals surface area contributed by atoms with Gasteiger partial charge < -0.3 is 50.9 Å². The lowest BCUT2D eigenvalue weighted by molar-refractivity contribution is -0.378. The zero-order chi connectivity index (χ0) is 17.5. The molecular weight excluding hydrogens is 534 g/mol. The van der Waals surface area contributed by atoms with Crippen LogP contribution in [0.2, 0.25) is 0 Å². The molecule has 6 heteroatoms. The molecule has 0 saturated carbocycles. The standard InChI is InChI=1S/3C7H7N.3BrH/c3*1-2-7-3-5-8-6-4-7;;;/h3*2-6H,1H2;3*1H. The van der Waals surface area contributed by atoms with Crippen molar-refractivity contribution in [2.45, 2.75) is 0 Å². The molecule has 0 amide bonds. The molecule has 27 heavy (non-hydrogen) atoms. The minimum atomic E-state index is 0. The Hall–Kier alpha value is -1.89. The molecule has 0 aliphatic heterocycles. The fraction of sp³-hybridized carbons (Fsp3) is 0. The molecule has 0 atom stereocenters. The molecule has 0 radical (unpaired) electrons. The normalized spacial score (nSPS) is 7.56. The van der Waals surface area contributed by atoms with Gasteiger partial charge in [0.05, 0.1) is 0 Å². The number of H-pyrrole nitrogens is 3. The lowest BCUT2D eigenvalue weighted by atomic mass is 10.3. The highest BCUT2D eigenvalue weighted by Crippen LogP contribution is 1.94. The molecule has 0 aromatic carbocycles. The first-order valence-electron chi connectivity index (χ1n) is 7.55. The Morgan fingerprint density at radius 1 is 0.444 bits per heavy atom. The molecule has 0 unspecified atom stereocenters. The lowest BCUT2D eigenvalue weighted by Gasteiger charge is -1.80. The zero-order valence-electron chi connectivity index (χ0n) is 14.9. The molecular formula is C21H24Br3N3. The molecule has 0 saturated heterocycles. The fourth-order valence-corrected chi connectivity index (χ4v) is 1.61. The van der Waals surface area contributed by atoms with Gasteiger partial charge in [-0.25, -0.2) is 15.0 Å². The molecule has 0 fully saturated rings. The van der Waals surface area contributed by atoms with Crippen LogP contribution in [0.5, 0.6) is 0 Å². The molecule has 144 valence electrons. The van der Waals surface area contributed by atoms with E-state index < -0.39 is 0 Å². The van der Waals surface area contributed by atoms with E-state index in [1.165, 1.54) is 0 Å². The predicted octanol–water partition coefficient (Wildman–Crippen LogP) is -5.56. The number of nitrogens with one attached hydrogen (secondary N) is 3. The Labute approximate surface area is 193 Å². The van der Waals surface area contributed by atoms with Gasteiger partial charge in [-0.15, -0.1) is 0 Å². The Bertz CT molecular complexity index is 618. The topological polar surface area (TPSA) is 42.4 Å². The summed E-state index contributed by atoms with van der Waals surface area (Å²) in [5.74, 6) is 0. The number of aromatic nitrogens is 3. The van der Waals surface area contributed by atoms with Crippen molar-refractivity contribution in [3.63, 3.8) is 0 Å². The van der Waals surface area contributed by atoms with E-state index in [-0.39, 0.29) is 50.9 Å². The summed E-state index contributed by atoms with van der Waals surface area (Å²) in [5.41, 5.74) is 3.43. The van der Waals surface area contributed by atoms with Crippen molar-refractivity contribution in [1.29, 1.82) is 0 Å². The molecule has 3 rings (SSSR count). The van der Waals surface area contributed by atoms with Crippen LogP contribution in [0, 0.1) is 0 Å². The second kappa shape index (κ2) is 20.4. The van der Waals surface area contributed by atoms with E-state index in [0.717, 1.165) is 16.7 Å². The van der Waals surface area contributed by atoms with E-state index in [4.69, 9.17) is 0 Å². The molecule has 0 aliphatic carbocycles. The van der Waals surface area contributed by atoms with Crippen molar-refractivity contribution in [3.8, 4) is 0 Å². The molecule has 0 aliphatic rings. The first kappa shape index (κ1) is 29.9. The zero-order valence-corrected chi connectivity index (χ0v) is 19.7. The smallest absolute Gasteiger partial charge is 0.167 e. The minimum Gasteiger partial charge on any atom is -1.00 e. The van der Waals surface area contributed by atoms with Crippen LogP contribution in [0.4, 0.5) is 0 Å². The molecule has 0 spiro atoms. The van der Waals surface area contributed by atoms with Crippen molar-refractivity contribution in [3.05, 3.63) is 110 Å². The van der Waals surface area contributed by atoms with E-state index in [2.05, 4.69) is 34.7 Å². The summed E-state index contributed by atoms with van der Waals surface area (Å²) in [6.45, 7) is 10.9. The van der Waals surface area contributed by atoms with Gasteiger partial charge in [0.25, 0.3) is 0 Å². The number of aromatic amines is 3. The highest BCUT2D eigenvalue weighted by molar-refractivity contribution is 5.45. The largest absolute Gasteiger partial charge is 1.00 e. The quantitative estimate of drug-likeness (QED) is 0.308. The van der Waals surface area contributed by atoms with Crippen molar-refractivity contribution in [1.82, 2.24) is 0 Å². The van der Waals surface area contributed by atoms with Gasteiger partial charge in [-0.1, -0.05) is 38.0 Å². The van der Waals surface area contributed by atoms with Crippen LogP contribution in [0.3, 0.4) is 0 Å². The average molecular weight is 558 g/mol. The maximum absolute atomic E-state index is 3.62. The van der Waals surface area contributed by atoms with E-state index in [9.17, 15) is 0 Å². The van der Waals surface area contributed by atoms with Crippen LogP contribution >= 0.6 is 0 Å². The summed E-state index contributed by atoms with van der Waals surface area (Å²) in [6.07, 6.45) is 16.7. The minimum absolute atomic E-state index is 0. The third-order valence-electron chi connectivity index (χ3n) is 2.94. The van der Waals surface area contributed by atoms with E-state index in [1.807, 2.05) is 91.8 Å². The van der Waals surface area contributed by atoms with E-state index in [1.54, 1.807) is 0 Å². The first-order chi connectivity index (χ1) is 11.8. The van der Waals surface area contributed by atoms with E-state index >= 15 is 0 Å². The van der Waals surface area contributed by atoms with Gasteiger partial charge in [0, 0.05) is 36.4 Å². The molecule has 3 aromatic heterocycles. The highest BCUT2D eigenvalue weighted by atomic mass is 79.9. The number of hydrogen-bond donors (Lipinski definition) is 0. The van der Waals surface area contributed by atoms with Crippen molar-refractivity contribution in [2.24, 2.45) is 0 Å². The Morgan fingerprint density at radius 3 is 0.741 bits per heavy atom. The van der Waals surface area contributed by atoms with Crippen LogP contribution in [-0.2, 0) is 0 Å². The average Bonchev–Trinajstić information content (AvgIpc) is 2.71. The number of pyridine rings is 3.